The Labute approximate surface area is 114 Å². The zero-order chi connectivity index (χ0) is 13.2. The molecule has 1 aliphatic heterocycles. The molecule has 0 aromatic heterocycles. The van der Waals surface area contributed by atoms with Gasteiger partial charge >= 0.3 is 0 Å². The van der Waals surface area contributed by atoms with Crippen LogP contribution in [-0.2, 0) is 6.42 Å². The third-order valence-corrected chi connectivity index (χ3v) is 3.82. The summed E-state index contributed by atoms with van der Waals surface area (Å²) in [5.41, 5.74) is 5.38. The van der Waals surface area contributed by atoms with Gasteiger partial charge in [-0.3, -0.25) is 0 Å². The van der Waals surface area contributed by atoms with Gasteiger partial charge in [-0.1, -0.05) is 35.9 Å². The first kappa shape index (κ1) is 12.2. The van der Waals surface area contributed by atoms with Crippen molar-refractivity contribution in [3.63, 3.8) is 0 Å². The summed E-state index contributed by atoms with van der Waals surface area (Å²) < 4.78 is 5.36. The molecule has 1 heterocycles. The maximum Gasteiger partial charge on any atom is 0.119 e. The molecule has 19 heavy (non-hydrogen) atoms. The molecule has 0 fully saturated rings. The third-order valence-electron chi connectivity index (χ3n) is 3.82. The molecule has 2 aromatic carbocycles. The first-order chi connectivity index (χ1) is 9.28. The van der Waals surface area contributed by atoms with Crippen molar-refractivity contribution in [3.05, 3.63) is 64.7 Å². The highest BCUT2D eigenvalue weighted by Crippen LogP contribution is 2.31. The first-order valence-corrected chi connectivity index (χ1v) is 6.74. The Morgan fingerprint density at radius 3 is 2.63 bits per heavy atom. The highest BCUT2D eigenvalue weighted by molar-refractivity contribution is 5.44. The number of benzene rings is 2. The van der Waals surface area contributed by atoms with Crippen LogP contribution in [0.3, 0.4) is 0 Å². The Morgan fingerprint density at radius 2 is 1.89 bits per heavy atom. The van der Waals surface area contributed by atoms with E-state index in [2.05, 4.69) is 54.7 Å². The van der Waals surface area contributed by atoms with E-state index in [0.717, 1.165) is 18.7 Å². The van der Waals surface area contributed by atoms with E-state index in [1.165, 1.54) is 22.3 Å². The average molecular weight is 253 g/mol. The number of hydrogen-bond donors (Lipinski definition) is 1. The lowest BCUT2D eigenvalue weighted by molar-refractivity contribution is 0.412. The largest absolute Gasteiger partial charge is 0.497 e. The Bertz CT molecular complexity index is 574. The number of methoxy groups -OCH3 is 1. The van der Waals surface area contributed by atoms with Crippen molar-refractivity contribution in [1.29, 1.82) is 0 Å². The Balaban J connectivity index is 2.03. The minimum atomic E-state index is 0.277. The summed E-state index contributed by atoms with van der Waals surface area (Å²) in [6.07, 6.45) is 1.09. The first-order valence-electron chi connectivity index (χ1n) is 6.74. The molecule has 3 rings (SSSR count). The SMILES string of the molecule is COc1ccc2c(c1)C(c1ccc(C)cc1)NCC2. The molecule has 1 unspecified atom stereocenters. The Morgan fingerprint density at radius 1 is 1.11 bits per heavy atom. The fraction of sp³-hybridized carbons (Fsp3) is 0.294. The standard InChI is InChI=1S/C17H19NO/c1-12-3-5-14(6-4-12)17-16-11-15(19-2)8-7-13(16)9-10-18-17/h3-8,11,17-18H,9-10H2,1-2H3. The molecule has 0 radical (unpaired) electrons. The smallest absolute Gasteiger partial charge is 0.119 e. The van der Waals surface area contributed by atoms with Gasteiger partial charge in [0.05, 0.1) is 13.2 Å². The van der Waals surface area contributed by atoms with E-state index in [1.54, 1.807) is 7.11 Å². The van der Waals surface area contributed by atoms with Gasteiger partial charge in [0.15, 0.2) is 0 Å². The fourth-order valence-electron chi connectivity index (χ4n) is 2.71. The second-order valence-electron chi connectivity index (χ2n) is 5.11. The second kappa shape index (κ2) is 5.06. The van der Waals surface area contributed by atoms with Gasteiger partial charge in [0, 0.05) is 6.54 Å². The molecule has 0 amide bonds. The fourth-order valence-corrected chi connectivity index (χ4v) is 2.71. The van der Waals surface area contributed by atoms with Crippen LogP contribution in [0.5, 0.6) is 5.75 Å². The van der Waals surface area contributed by atoms with Crippen LogP contribution >= 0.6 is 0 Å². The van der Waals surface area contributed by atoms with E-state index in [-0.39, 0.29) is 6.04 Å². The molecule has 0 spiro atoms. The zero-order valence-corrected chi connectivity index (χ0v) is 11.4. The number of aryl methyl sites for hydroxylation is 1. The van der Waals surface area contributed by atoms with Gasteiger partial charge in [-0.25, -0.2) is 0 Å². The van der Waals surface area contributed by atoms with Gasteiger partial charge in [0.25, 0.3) is 0 Å². The molecule has 0 saturated carbocycles. The summed E-state index contributed by atoms with van der Waals surface area (Å²) in [7, 11) is 1.72. The van der Waals surface area contributed by atoms with Crippen LogP contribution in [0.25, 0.3) is 0 Å². The van der Waals surface area contributed by atoms with Crippen molar-refractivity contribution in [3.8, 4) is 5.75 Å². The highest BCUT2D eigenvalue weighted by Gasteiger charge is 2.21. The maximum absolute atomic E-state index is 5.36. The second-order valence-corrected chi connectivity index (χ2v) is 5.11. The summed E-state index contributed by atoms with van der Waals surface area (Å²) >= 11 is 0. The van der Waals surface area contributed by atoms with Crippen LogP contribution in [0, 0.1) is 6.92 Å². The molecule has 0 saturated heterocycles. The van der Waals surface area contributed by atoms with Crippen molar-refractivity contribution < 1.29 is 4.74 Å². The minimum absolute atomic E-state index is 0.277. The number of ether oxygens (including phenoxy) is 1. The third kappa shape index (κ3) is 2.36. The predicted molar refractivity (Wildman–Crippen MR) is 77.7 cm³/mol. The topological polar surface area (TPSA) is 21.3 Å². The number of fused-ring (bicyclic) bond motifs is 1. The summed E-state index contributed by atoms with van der Waals surface area (Å²) in [5, 5.41) is 3.61. The van der Waals surface area contributed by atoms with Crippen LogP contribution in [0.4, 0.5) is 0 Å². The van der Waals surface area contributed by atoms with Crippen molar-refractivity contribution in [2.24, 2.45) is 0 Å². The van der Waals surface area contributed by atoms with E-state index in [4.69, 9.17) is 4.74 Å². The molecule has 0 aliphatic carbocycles. The van der Waals surface area contributed by atoms with Gasteiger partial charge in [0.2, 0.25) is 0 Å². The van der Waals surface area contributed by atoms with Crippen LogP contribution in [0.2, 0.25) is 0 Å². The van der Waals surface area contributed by atoms with Gasteiger partial charge < -0.3 is 10.1 Å². The summed E-state index contributed by atoms with van der Waals surface area (Å²) in [5.74, 6) is 0.930. The molecule has 1 N–H and O–H groups in total. The van der Waals surface area contributed by atoms with Crippen molar-refractivity contribution in [2.45, 2.75) is 19.4 Å². The normalized spacial score (nSPS) is 17.9. The van der Waals surface area contributed by atoms with E-state index in [0.29, 0.717) is 0 Å². The van der Waals surface area contributed by atoms with Gasteiger partial charge in [-0.05, 0) is 42.2 Å². The van der Waals surface area contributed by atoms with Crippen LogP contribution in [0.1, 0.15) is 28.3 Å². The van der Waals surface area contributed by atoms with Gasteiger partial charge in [-0.2, -0.15) is 0 Å². The molecule has 2 nitrogen and oxygen atoms in total. The zero-order valence-electron chi connectivity index (χ0n) is 11.4. The molecule has 98 valence electrons. The molecule has 2 heteroatoms. The van der Waals surface area contributed by atoms with Crippen molar-refractivity contribution in [2.75, 3.05) is 13.7 Å². The van der Waals surface area contributed by atoms with Gasteiger partial charge in [-0.15, -0.1) is 0 Å². The molecule has 2 aromatic rings. The van der Waals surface area contributed by atoms with Crippen LogP contribution in [-0.4, -0.2) is 13.7 Å². The summed E-state index contributed by atoms with van der Waals surface area (Å²) in [4.78, 5) is 0. The minimum Gasteiger partial charge on any atom is -0.497 e. The lowest BCUT2D eigenvalue weighted by atomic mass is 9.89. The van der Waals surface area contributed by atoms with Crippen LogP contribution < -0.4 is 10.1 Å². The Kier molecular flexibility index (Phi) is 3.26. The molecule has 1 aliphatic rings. The summed E-state index contributed by atoms with van der Waals surface area (Å²) in [6, 6.07) is 15.4. The monoisotopic (exact) mass is 253 g/mol. The highest BCUT2D eigenvalue weighted by atomic mass is 16.5. The van der Waals surface area contributed by atoms with E-state index in [1.807, 2.05) is 0 Å². The lowest BCUT2D eigenvalue weighted by Crippen LogP contribution is -2.30. The summed E-state index contributed by atoms with van der Waals surface area (Å²) in [6.45, 7) is 3.15. The van der Waals surface area contributed by atoms with Gasteiger partial charge in [0.1, 0.15) is 5.75 Å². The quantitative estimate of drug-likeness (QED) is 0.887. The van der Waals surface area contributed by atoms with E-state index in [9.17, 15) is 0 Å². The lowest BCUT2D eigenvalue weighted by Gasteiger charge is -2.28. The molecular weight excluding hydrogens is 234 g/mol. The maximum atomic E-state index is 5.36. The van der Waals surface area contributed by atoms with E-state index >= 15 is 0 Å². The Hall–Kier alpha value is -1.80. The van der Waals surface area contributed by atoms with Crippen LogP contribution in [0.15, 0.2) is 42.5 Å². The van der Waals surface area contributed by atoms with Crippen molar-refractivity contribution in [1.82, 2.24) is 5.32 Å². The number of hydrogen-bond acceptors (Lipinski definition) is 2. The molecule has 1 atom stereocenters. The molecular formula is C17H19NO. The van der Waals surface area contributed by atoms with E-state index < -0.39 is 0 Å². The number of nitrogens with one attached hydrogen (secondary N) is 1. The van der Waals surface area contributed by atoms with Crippen molar-refractivity contribution >= 4 is 0 Å². The predicted octanol–water partition coefficient (Wildman–Crippen LogP) is 3.24. The molecule has 0 bridgehead atoms. The average Bonchev–Trinajstić information content (AvgIpc) is 2.47. The number of rotatable bonds is 2.